The van der Waals surface area contributed by atoms with Gasteiger partial charge in [0.25, 0.3) is 0 Å². The Labute approximate surface area is 118 Å². The smallest absolute Gasteiger partial charge is 0.318 e. The van der Waals surface area contributed by atoms with E-state index < -0.39 is 5.41 Å². The van der Waals surface area contributed by atoms with Crippen molar-refractivity contribution in [3.8, 4) is 0 Å². The van der Waals surface area contributed by atoms with Crippen LogP contribution in [0, 0.1) is 5.41 Å². The van der Waals surface area contributed by atoms with E-state index in [0.29, 0.717) is 31.4 Å². The number of nitrogens with two attached hydrogens (primary N) is 1. The third kappa shape index (κ3) is 2.92. The number of amides is 1. The van der Waals surface area contributed by atoms with Crippen LogP contribution in [0.15, 0.2) is 4.42 Å². The molecular weight excluding hydrogens is 258 g/mol. The number of carbonyl (C=O) groups is 1. The lowest BCUT2D eigenvalue weighted by Gasteiger charge is -2.19. The maximum Gasteiger partial charge on any atom is 0.318 e. The molecule has 1 fully saturated rings. The number of aromatic nitrogens is 2. The highest BCUT2D eigenvalue weighted by molar-refractivity contribution is 5.81. The maximum absolute atomic E-state index is 11.5. The molecule has 1 aromatic heterocycles. The Morgan fingerprint density at radius 1 is 1.60 bits per heavy atom. The quantitative estimate of drug-likeness (QED) is 0.801. The minimum Gasteiger partial charge on any atom is -0.406 e. The second kappa shape index (κ2) is 5.78. The van der Waals surface area contributed by atoms with E-state index in [1.165, 1.54) is 0 Å². The molecule has 3 N–H and O–H groups in total. The van der Waals surface area contributed by atoms with Gasteiger partial charge in [0, 0.05) is 13.1 Å². The molecule has 0 saturated carbocycles. The number of anilines is 1. The zero-order valence-electron chi connectivity index (χ0n) is 12.3. The fourth-order valence-corrected chi connectivity index (χ4v) is 2.30. The van der Waals surface area contributed by atoms with Gasteiger partial charge in [-0.1, -0.05) is 12.0 Å². The number of primary amides is 1. The van der Waals surface area contributed by atoms with Crippen molar-refractivity contribution in [1.82, 2.24) is 15.5 Å². The first-order chi connectivity index (χ1) is 9.46. The molecule has 7 heteroatoms. The third-order valence-corrected chi connectivity index (χ3v) is 3.84. The molecule has 0 spiro atoms. The summed E-state index contributed by atoms with van der Waals surface area (Å²) in [4.78, 5) is 13.4. The lowest BCUT2D eigenvalue weighted by atomic mass is 9.89. The molecule has 2 atom stereocenters. The van der Waals surface area contributed by atoms with Crippen LogP contribution in [0.4, 0.5) is 6.01 Å². The predicted molar refractivity (Wildman–Crippen MR) is 75.1 cm³/mol. The van der Waals surface area contributed by atoms with Crippen LogP contribution in [0.25, 0.3) is 0 Å². The Kier molecular flexibility index (Phi) is 4.27. The number of hydrogen-bond donors (Lipinski definition) is 2. The molecule has 2 rings (SSSR count). The van der Waals surface area contributed by atoms with Gasteiger partial charge in [0.1, 0.15) is 0 Å². The van der Waals surface area contributed by atoms with Gasteiger partial charge in [-0.2, -0.15) is 0 Å². The molecule has 112 valence electrons. The molecule has 1 saturated heterocycles. The number of carbonyl (C=O) groups excluding carboxylic acids is 1. The highest BCUT2D eigenvalue weighted by Crippen LogP contribution is 2.32. The molecule has 0 bridgehead atoms. The molecule has 1 aliphatic rings. The Balaban J connectivity index is 2.01. The first kappa shape index (κ1) is 14.8. The van der Waals surface area contributed by atoms with Crippen molar-refractivity contribution < 1.29 is 9.21 Å². The zero-order chi connectivity index (χ0) is 14.8. The lowest BCUT2D eigenvalue weighted by Crippen LogP contribution is -2.37. The maximum atomic E-state index is 11.5. The van der Waals surface area contributed by atoms with Crippen molar-refractivity contribution in [2.75, 3.05) is 24.5 Å². The molecule has 0 radical (unpaired) electrons. The van der Waals surface area contributed by atoms with E-state index in [9.17, 15) is 4.79 Å². The van der Waals surface area contributed by atoms with Gasteiger partial charge in [-0.15, -0.1) is 5.10 Å². The van der Waals surface area contributed by atoms with Gasteiger partial charge in [-0.05, 0) is 33.2 Å². The summed E-state index contributed by atoms with van der Waals surface area (Å²) in [5.74, 6) is 0.291. The van der Waals surface area contributed by atoms with Crippen molar-refractivity contribution in [1.29, 1.82) is 0 Å². The summed E-state index contributed by atoms with van der Waals surface area (Å²) >= 11 is 0. The Morgan fingerprint density at radius 3 is 2.95 bits per heavy atom. The van der Waals surface area contributed by atoms with Gasteiger partial charge < -0.3 is 20.4 Å². The largest absolute Gasteiger partial charge is 0.406 e. The summed E-state index contributed by atoms with van der Waals surface area (Å²) in [5, 5.41) is 11.4. The molecule has 0 aliphatic carbocycles. The van der Waals surface area contributed by atoms with E-state index in [2.05, 4.69) is 22.4 Å². The fraction of sp³-hybridized carbons (Fsp3) is 0.769. The monoisotopic (exact) mass is 281 g/mol. The Morgan fingerprint density at radius 2 is 2.35 bits per heavy atom. The molecule has 20 heavy (non-hydrogen) atoms. The topological polar surface area (TPSA) is 97.3 Å². The van der Waals surface area contributed by atoms with Gasteiger partial charge in [0.05, 0.1) is 11.5 Å². The fourth-order valence-electron chi connectivity index (χ4n) is 2.30. The summed E-state index contributed by atoms with van der Waals surface area (Å²) in [7, 11) is 0. The van der Waals surface area contributed by atoms with Crippen molar-refractivity contribution in [3.63, 3.8) is 0 Å². The lowest BCUT2D eigenvalue weighted by molar-refractivity contribution is -0.125. The van der Waals surface area contributed by atoms with Gasteiger partial charge in [0.15, 0.2) is 0 Å². The highest BCUT2D eigenvalue weighted by Gasteiger charge is 2.40. The summed E-state index contributed by atoms with van der Waals surface area (Å²) in [6.45, 7) is 8.11. The molecule has 7 nitrogen and oxygen atoms in total. The van der Waals surface area contributed by atoms with Crippen LogP contribution in [-0.4, -0.2) is 35.7 Å². The first-order valence-corrected chi connectivity index (χ1v) is 7.08. The summed E-state index contributed by atoms with van der Waals surface area (Å²) in [5.41, 5.74) is 4.93. The van der Waals surface area contributed by atoms with E-state index in [-0.39, 0.29) is 11.9 Å². The standard InChI is InChI=1S/C13H23N5O2/c1-4-6-15-9(2)10-16-17-12(20-10)18-7-5-13(3,8-18)11(14)19/h9,15H,4-8H2,1-3H3,(H2,14,19). The van der Waals surface area contributed by atoms with Gasteiger partial charge in [0.2, 0.25) is 11.8 Å². The van der Waals surface area contributed by atoms with Crippen LogP contribution in [0.1, 0.15) is 45.5 Å². The molecule has 1 aromatic rings. The van der Waals surface area contributed by atoms with Crippen LogP contribution in [0.5, 0.6) is 0 Å². The minimum atomic E-state index is -0.513. The van der Waals surface area contributed by atoms with Gasteiger partial charge in [-0.3, -0.25) is 4.79 Å². The normalized spacial score (nSPS) is 24.1. The van der Waals surface area contributed by atoms with Crippen LogP contribution < -0.4 is 16.0 Å². The van der Waals surface area contributed by atoms with Crippen molar-refractivity contribution >= 4 is 11.9 Å². The van der Waals surface area contributed by atoms with E-state index in [4.69, 9.17) is 10.2 Å². The van der Waals surface area contributed by atoms with Gasteiger partial charge >= 0.3 is 6.01 Å². The molecule has 2 heterocycles. The van der Waals surface area contributed by atoms with Crippen molar-refractivity contribution in [2.45, 2.75) is 39.7 Å². The minimum absolute atomic E-state index is 0.0290. The zero-order valence-corrected chi connectivity index (χ0v) is 12.3. The number of hydrogen-bond acceptors (Lipinski definition) is 6. The van der Waals surface area contributed by atoms with E-state index in [0.717, 1.165) is 13.0 Å². The molecular formula is C13H23N5O2. The average molecular weight is 281 g/mol. The predicted octanol–water partition coefficient (Wildman–Crippen LogP) is 0.832. The van der Waals surface area contributed by atoms with Crippen LogP contribution in [0.3, 0.4) is 0 Å². The number of nitrogens with one attached hydrogen (secondary N) is 1. The third-order valence-electron chi connectivity index (χ3n) is 3.84. The molecule has 2 unspecified atom stereocenters. The SMILES string of the molecule is CCCNC(C)c1nnc(N2CCC(C)(C(N)=O)C2)o1. The summed E-state index contributed by atoms with van der Waals surface area (Å²) in [6, 6.07) is 0.497. The molecule has 0 aromatic carbocycles. The van der Waals surface area contributed by atoms with E-state index in [1.807, 2.05) is 18.7 Å². The summed E-state index contributed by atoms with van der Waals surface area (Å²) in [6.07, 6.45) is 1.76. The van der Waals surface area contributed by atoms with E-state index >= 15 is 0 Å². The number of rotatable bonds is 6. The van der Waals surface area contributed by atoms with Crippen LogP contribution in [0.2, 0.25) is 0 Å². The molecule has 1 amide bonds. The Hall–Kier alpha value is -1.63. The van der Waals surface area contributed by atoms with Crippen LogP contribution >= 0.6 is 0 Å². The van der Waals surface area contributed by atoms with Crippen molar-refractivity contribution in [2.24, 2.45) is 11.1 Å². The Bertz CT molecular complexity index is 475. The number of nitrogens with zero attached hydrogens (tertiary/aromatic N) is 3. The average Bonchev–Trinajstić information content (AvgIpc) is 3.03. The second-order valence-electron chi connectivity index (χ2n) is 5.70. The first-order valence-electron chi connectivity index (χ1n) is 7.08. The van der Waals surface area contributed by atoms with Gasteiger partial charge in [-0.25, -0.2) is 0 Å². The van der Waals surface area contributed by atoms with E-state index in [1.54, 1.807) is 0 Å². The van der Waals surface area contributed by atoms with Crippen LogP contribution in [-0.2, 0) is 4.79 Å². The van der Waals surface area contributed by atoms with Crippen molar-refractivity contribution in [3.05, 3.63) is 5.89 Å². The highest BCUT2D eigenvalue weighted by atomic mass is 16.4. The summed E-state index contributed by atoms with van der Waals surface area (Å²) < 4.78 is 5.69. The second-order valence-corrected chi connectivity index (χ2v) is 5.70. The molecule has 1 aliphatic heterocycles.